The van der Waals surface area contributed by atoms with E-state index in [1.165, 1.54) is 6.20 Å². The normalized spacial score (nSPS) is 10.3. The Balaban J connectivity index is 1.73. The molecule has 0 saturated carbocycles. The summed E-state index contributed by atoms with van der Waals surface area (Å²) in [5.74, 6) is -0.139. The molecule has 1 amide bonds. The molecule has 5 nitrogen and oxygen atoms in total. The highest BCUT2D eigenvalue weighted by Crippen LogP contribution is 2.04. The van der Waals surface area contributed by atoms with Crippen molar-refractivity contribution in [1.29, 1.82) is 0 Å². The topological polar surface area (TPSA) is 59.8 Å². The number of carbonyl (C=O) groups is 1. The first-order valence-corrected chi connectivity index (χ1v) is 6.01. The first-order valence-electron chi connectivity index (χ1n) is 5.63. The predicted molar refractivity (Wildman–Crippen MR) is 68.4 cm³/mol. The van der Waals surface area contributed by atoms with Crippen LogP contribution in [-0.4, -0.2) is 27.2 Å². The number of pyridine rings is 1. The first-order chi connectivity index (χ1) is 8.75. The van der Waals surface area contributed by atoms with Crippen LogP contribution in [0.25, 0.3) is 0 Å². The molecule has 0 aliphatic heterocycles. The van der Waals surface area contributed by atoms with Crippen LogP contribution in [0.5, 0.6) is 0 Å². The van der Waals surface area contributed by atoms with Crippen LogP contribution in [0.1, 0.15) is 16.8 Å². The minimum Gasteiger partial charge on any atom is -0.352 e. The second-order valence-corrected chi connectivity index (χ2v) is 4.14. The molecule has 0 aliphatic rings. The van der Waals surface area contributed by atoms with Crippen LogP contribution < -0.4 is 5.32 Å². The molecule has 1 N–H and O–H groups in total. The summed E-state index contributed by atoms with van der Waals surface area (Å²) in [5, 5.41) is 7.28. The van der Waals surface area contributed by atoms with E-state index >= 15 is 0 Å². The zero-order chi connectivity index (χ0) is 12.8. The molecule has 0 atom stereocenters. The van der Waals surface area contributed by atoms with Gasteiger partial charge in [-0.05, 0) is 24.6 Å². The number of amides is 1. The van der Waals surface area contributed by atoms with Gasteiger partial charge in [-0.2, -0.15) is 5.10 Å². The molecule has 0 fully saturated rings. The molecule has 0 spiro atoms. The summed E-state index contributed by atoms with van der Waals surface area (Å²) in [4.78, 5) is 15.6. The van der Waals surface area contributed by atoms with Crippen molar-refractivity contribution < 1.29 is 4.79 Å². The number of hydrogen-bond acceptors (Lipinski definition) is 3. The molecule has 0 bridgehead atoms. The van der Waals surface area contributed by atoms with Gasteiger partial charge in [0, 0.05) is 31.7 Å². The maximum atomic E-state index is 11.7. The van der Waals surface area contributed by atoms with Gasteiger partial charge < -0.3 is 5.32 Å². The monoisotopic (exact) mass is 264 g/mol. The number of aromatic nitrogens is 3. The number of rotatable bonds is 5. The summed E-state index contributed by atoms with van der Waals surface area (Å²) in [6.07, 6.45) is 5.92. The van der Waals surface area contributed by atoms with Crippen LogP contribution in [0.3, 0.4) is 0 Å². The van der Waals surface area contributed by atoms with Gasteiger partial charge in [0.15, 0.2) is 0 Å². The van der Waals surface area contributed by atoms with Crippen molar-refractivity contribution in [3.8, 4) is 0 Å². The second-order valence-electron chi connectivity index (χ2n) is 3.75. The maximum Gasteiger partial charge on any atom is 0.252 e. The fourth-order valence-corrected chi connectivity index (χ4v) is 1.60. The van der Waals surface area contributed by atoms with Crippen LogP contribution >= 0.6 is 11.6 Å². The standard InChI is InChI=1S/C12H13ClN4O/c13-11-4-3-10(9-15-11)12(18)14-5-1-7-17-8-2-6-16-17/h2-4,6,8-9H,1,5,7H2,(H,14,18). The summed E-state index contributed by atoms with van der Waals surface area (Å²) < 4.78 is 1.83. The van der Waals surface area contributed by atoms with Gasteiger partial charge in [0.1, 0.15) is 5.15 Å². The Bertz CT molecular complexity index is 495. The highest BCUT2D eigenvalue weighted by atomic mass is 35.5. The number of nitrogens with one attached hydrogen (secondary N) is 1. The average Bonchev–Trinajstić information content (AvgIpc) is 2.88. The number of halogens is 1. The molecule has 18 heavy (non-hydrogen) atoms. The lowest BCUT2D eigenvalue weighted by molar-refractivity contribution is 0.0952. The molecule has 0 unspecified atom stereocenters. The van der Waals surface area contributed by atoms with Crippen LogP contribution in [0.2, 0.25) is 5.15 Å². The summed E-state index contributed by atoms with van der Waals surface area (Å²) in [5.41, 5.74) is 0.512. The summed E-state index contributed by atoms with van der Waals surface area (Å²) in [6, 6.07) is 5.12. The molecule has 94 valence electrons. The van der Waals surface area contributed by atoms with Gasteiger partial charge in [-0.1, -0.05) is 11.6 Å². The van der Waals surface area contributed by atoms with Gasteiger partial charge in [0.05, 0.1) is 5.56 Å². The fraction of sp³-hybridized carbons (Fsp3) is 0.250. The van der Waals surface area contributed by atoms with Gasteiger partial charge in [0.25, 0.3) is 5.91 Å². The van der Waals surface area contributed by atoms with Crippen LogP contribution in [0.15, 0.2) is 36.8 Å². The van der Waals surface area contributed by atoms with Gasteiger partial charge in [0.2, 0.25) is 0 Å². The molecule has 6 heteroatoms. The Kier molecular flexibility index (Phi) is 4.30. The third kappa shape index (κ3) is 3.56. The Morgan fingerprint density at radius 1 is 1.44 bits per heavy atom. The Hall–Kier alpha value is -1.88. The lowest BCUT2D eigenvalue weighted by Crippen LogP contribution is -2.25. The van der Waals surface area contributed by atoms with Crippen LogP contribution in [0, 0.1) is 0 Å². The van der Waals surface area contributed by atoms with Gasteiger partial charge >= 0.3 is 0 Å². The van der Waals surface area contributed by atoms with E-state index in [9.17, 15) is 4.79 Å². The molecule has 2 aromatic rings. The zero-order valence-corrected chi connectivity index (χ0v) is 10.5. The van der Waals surface area contributed by atoms with E-state index in [-0.39, 0.29) is 5.91 Å². The lowest BCUT2D eigenvalue weighted by atomic mass is 10.2. The van der Waals surface area contributed by atoms with E-state index in [0.29, 0.717) is 17.3 Å². The second kappa shape index (κ2) is 6.16. The largest absolute Gasteiger partial charge is 0.352 e. The number of carbonyl (C=O) groups excluding carboxylic acids is 1. The van der Waals surface area contributed by atoms with E-state index in [1.54, 1.807) is 18.3 Å². The van der Waals surface area contributed by atoms with E-state index < -0.39 is 0 Å². The SMILES string of the molecule is O=C(NCCCn1cccn1)c1ccc(Cl)nc1. The number of hydrogen-bond donors (Lipinski definition) is 1. The molecule has 0 aromatic carbocycles. The minimum absolute atomic E-state index is 0.139. The summed E-state index contributed by atoms with van der Waals surface area (Å²) in [7, 11) is 0. The number of aryl methyl sites for hydroxylation is 1. The highest BCUT2D eigenvalue weighted by Gasteiger charge is 2.04. The van der Waals surface area contributed by atoms with Crippen molar-refractivity contribution in [2.24, 2.45) is 0 Å². The Labute approximate surface area is 110 Å². The van der Waals surface area contributed by atoms with Gasteiger partial charge in [-0.15, -0.1) is 0 Å². The van der Waals surface area contributed by atoms with E-state index in [2.05, 4.69) is 15.4 Å². The molecule has 0 radical (unpaired) electrons. The lowest BCUT2D eigenvalue weighted by Gasteiger charge is -2.05. The van der Waals surface area contributed by atoms with Gasteiger partial charge in [-0.3, -0.25) is 9.48 Å². The predicted octanol–water partition coefficient (Wildman–Crippen LogP) is 1.75. The molecular formula is C12H13ClN4O. The van der Waals surface area contributed by atoms with Crippen molar-refractivity contribution in [3.05, 3.63) is 47.5 Å². The Morgan fingerprint density at radius 2 is 2.33 bits per heavy atom. The smallest absolute Gasteiger partial charge is 0.252 e. The van der Waals surface area contributed by atoms with E-state index in [0.717, 1.165) is 13.0 Å². The summed E-state index contributed by atoms with van der Waals surface area (Å²) in [6.45, 7) is 1.38. The number of nitrogens with zero attached hydrogens (tertiary/aromatic N) is 3. The third-order valence-corrected chi connectivity index (χ3v) is 2.62. The van der Waals surface area contributed by atoms with Gasteiger partial charge in [-0.25, -0.2) is 4.98 Å². The molecular weight excluding hydrogens is 252 g/mol. The minimum atomic E-state index is -0.139. The van der Waals surface area contributed by atoms with Crippen molar-refractivity contribution in [2.45, 2.75) is 13.0 Å². The third-order valence-electron chi connectivity index (χ3n) is 2.40. The summed E-state index contributed by atoms with van der Waals surface area (Å²) >= 11 is 5.65. The Morgan fingerprint density at radius 3 is 3.00 bits per heavy atom. The van der Waals surface area contributed by atoms with Crippen molar-refractivity contribution in [1.82, 2.24) is 20.1 Å². The average molecular weight is 265 g/mol. The maximum absolute atomic E-state index is 11.7. The van der Waals surface area contributed by atoms with Crippen molar-refractivity contribution >= 4 is 17.5 Å². The molecule has 2 aromatic heterocycles. The molecule has 0 aliphatic carbocycles. The zero-order valence-electron chi connectivity index (χ0n) is 9.71. The quantitative estimate of drug-likeness (QED) is 0.661. The van der Waals surface area contributed by atoms with Crippen LogP contribution in [0.4, 0.5) is 0 Å². The highest BCUT2D eigenvalue weighted by molar-refractivity contribution is 6.29. The van der Waals surface area contributed by atoms with E-state index in [4.69, 9.17) is 11.6 Å². The fourth-order valence-electron chi connectivity index (χ4n) is 1.49. The van der Waals surface area contributed by atoms with Crippen molar-refractivity contribution in [3.63, 3.8) is 0 Å². The van der Waals surface area contributed by atoms with Crippen molar-refractivity contribution in [2.75, 3.05) is 6.54 Å². The first kappa shape index (κ1) is 12.6. The molecule has 0 saturated heterocycles. The van der Waals surface area contributed by atoms with E-state index in [1.807, 2.05) is 16.9 Å². The molecule has 2 rings (SSSR count). The van der Waals surface area contributed by atoms with Crippen LogP contribution in [-0.2, 0) is 6.54 Å². The molecule has 2 heterocycles.